The molecule has 0 spiro atoms. The van der Waals surface area contributed by atoms with Crippen LogP contribution in [0.4, 0.5) is 0 Å². The number of halogens is 2. The van der Waals surface area contributed by atoms with Crippen molar-refractivity contribution in [2.24, 2.45) is 0 Å². The lowest BCUT2D eigenvalue weighted by Crippen LogP contribution is -2.22. The summed E-state index contributed by atoms with van der Waals surface area (Å²) < 4.78 is 0. The molecular weight excluding hydrogens is 261 g/mol. The average Bonchev–Trinajstić information content (AvgIpc) is 2.29. The van der Waals surface area contributed by atoms with Gasteiger partial charge in [0.15, 0.2) is 0 Å². The molecule has 2 rings (SSSR count). The first-order valence-electron chi connectivity index (χ1n) is 5.04. The number of nitro groups is 1. The molecule has 0 heterocycles. The summed E-state index contributed by atoms with van der Waals surface area (Å²) >= 11 is 11.7. The number of allylic oxidation sites excluding steroid dienone is 2. The van der Waals surface area contributed by atoms with E-state index < -0.39 is 6.04 Å². The van der Waals surface area contributed by atoms with E-state index in [1.165, 1.54) is 0 Å². The lowest BCUT2D eigenvalue weighted by molar-refractivity contribution is -0.505. The van der Waals surface area contributed by atoms with Gasteiger partial charge >= 0.3 is 0 Å². The quantitative estimate of drug-likeness (QED) is 0.604. The summed E-state index contributed by atoms with van der Waals surface area (Å²) in [5, 5.41) is 12.1. The molecule has 0 aliphatic heterocycles. The van der Waals surface area contributed by atoms with Crippen LogP contribution >= 0.6 is 23.2 Å². The third kappa shape index (κ3) is 2.68. The lowest BCUT2D eigenvalue weighted by atomic mass is 9.93. The fourth-order valence-corrected chi connectivity index (χ4v) is 2.11. The van der Waals surface area contributed by atoms with Crippen molar-refractivity contribution in [3.8, 4) is 0 Å². The van der Waals surface area contributed by atoms with Gasteiger partial charge in [-0.25, -0.2) is 0 Å². The minimum Gasteiger partial charge on any atom is -0.264 e. The standard InChI is InChI=1S/C12H9Cl2NO2/c13-9-3-1-8(2-4-9)11-7-10(14)5-6-12(11)15(16)17/h1-5,7,12H,6H2. The molecule has 1 aromatic rings. The van der Waals surface area contributed by atoms with E-state index in [0.717, 1.165) is 5.56 Å². The summed E-state index contributed by atoms with van der Waals surface area (Å²) in [6.45, 7) is 0. The molecule has 0 saturated carbocycles. The number of rotatable bonds is 2. The van der Waals surface area contributed by atoms with E-state index in [1.807, 2.05) is 0 Å². The highest BCUT2D eigenvalue weighted by Gasteiger charge is 2.28. The highest BCUT2D eigenvalue weighted by atomic mass is 35.5. The average molecular weight is 270 g/mol. The number of nitrogens with zero attached hydrogens (tertiary/aromatic N) is 1. The maximum atomic E-state index is 11.0. The summed E-state index contributed by atoms with van der Waals surface area (Å²) in [5.41, 5.74) is 1.40. The highest BCUT2D eigenvalue weighted by Crippen LogP contribution is 2.30. The Hall–Kier alpha value is -1.32. The Labute approximate surface area is 108 Å². The van der Waals surface area contributed by atoms with Gasteiger partial charge < -0.3 is 0 Å². The molecule has 1 aliphatic carbocycles. The molecule has 3 nitrogen and oxygen atoms in total. The first kappa shape index (κ1) is 12.1. The molecule has 88 valence electrons. The van der Waals surface area contributed by atoms with Crippen LogP contribution in [0.5, 0.6) is 0 Å². The van der Waals surface area contributed by atoms with Crippen molar-refractivity contribution in [1.29, 1.82) is 0 Å². The maximum absolute atomic E-state index is 11.0. The predicted octanol–water partition coefficient (Wildman–Crippen LogP) is 3.90. The van der Waals surface area contributed by atoms with Gasteiger partial charge in [-0.05, 0) is 23.8 Å². The fourth-order valence-electron chi connectivity index (χ4n) is 1.77. The zero-order chi connectivity index (χ0) is 12.4. The van der Waals surface area contributed by atoms with E-state index >= 15 is 0 Å². The third-order valence-electron chi connectivity index (χ3n) is 2.62. The molecule has 0 N–H and O–H groups in total. The summed E-state index contributed by atoms with van der Waals surface area (Å²) in [6.07, 6.45) is 3.62. The predicted molar refractivity (Wildman–Crippen MR) is 68.8 cm³/mol. The van der Waals surface area contributed by atoms with Crippen molar-refractivity contribution in [2.75, 3.05) is 0 Å². The fraction of sp³-hybridized carbons (Fsp3) is 0.167. The van der Waals surface area contributed by atoms with Crippen LogP contribution in [0.1, 0.15) is 12.0 Å². The van der Waals surface area contributed by atoms with Crippen LogP contribution in [0, 0.1) is 10.1 Å². The van der Waals surface area contributed by atoms with Gasteiger partial charge in [0.25, 0.3) is 0 Å². The van der Waals surface area contributed by atoms with E-state index in [2.05, 4.69) is 0 Å². The number of hydrogen-bond donors (Lipinski definition) is 0. The topological polar surface area (TPSA) is 43.1 Å². The van der Waals surface area contributed by atoms with Crippen molar-refractivity contribution < 1.29 is 4.92 Å². The van der Waals surface area contributed by atoms with E-state index in [0.29, 0.717) is 22.0 Å². The summed E-state index contributed by atoms with van der Waals surface area (Å²) in [7, 11) is 0. The second-order valence-electron chi connectivity index (χ2n) is 3.73. The Kier molecular flexibility index (Phi) is 3.50. The van der Waals surface area contributed by atoms with Crippen LogP contribution in [0.3, 0.4) is 0 Å². The van der Waals surface area contributed by atoms with Crippen molar-refractivity contribution >= 4 is 28.8 Å². The van der Waals surface area contributed by atoms with Gasteiger partial charge in [-0.3, -0.25) is 10.1 Å². The Morgan fingerprint density at radius 3 is 2.47 bits per heavy atom. The van der Waals surface area contributed by atoms with Gasteiger partial charge in [0.1, 0.15) is 0 Å². The van der Waals surface area contributed by atoms with Crippen molar-refractivity contribution in [2.45, 2.75) is 12.5 Å². The smallest absolute Gasteiger partial charge is 0.242 e. The molecule has 1 aromatic carbocycles. The molecule has 0 saturated heterocycles. The van der Waals surface area contributed by atoms with E-state index in [9.17, 15) is 10.1 Å². The Morgan fingerprint density at radius 2 is 1.88 bits per heavy atom. The molecular formula is C12H9Cl2NO2. The van der Waals surface area contributed by atoms with Crippen LogP contribution in [0.15, 0.2) is 41.4 Å². The molecule has 1 atom stereocenters. The number of hydrogen-bond acceptors (Lipinski definition) is 2. The second kappa shape index (κ2) is 4.90. The highest BCUT2D eigenvalue weighted by molar-refractivity contribution is 6.32. The molecule has 5 heteroatoms. The largest absolute Gasteiger partial charge is 0.264 e. The molecule has 1 unspecified atom stereocenters. The van der Waals surface area contributed by atoms with E-state index in [1.54, 1.807) is 36.4 Å². The van der Waals surface area contributed by atoms with Gasteiger partial charge in [0, 0.05) is 27.0 Å². The first-order chi connectivity index (χ1) is 8.08. The monoisotopic (exact) mass is 269 g/mol. The number of benzene rings is 1. The summed E-state index contributed by atoms with van der Waals surface area (Å²) in [5.74, 6) is 0. The normalized spacial score (nSPS) is 19.5. The van der Waals surface area contributed by atoms with E-state index in [-0.39, 0.29) is 4.92 Å². The Bertz CT molecular complexity index is 506. The maximum Gasteiger partial charge on any atom is 0.242 e. The summed E-state index contributed by atoms with van der Waals surface area (Å²) in [6, 6.07) is 6.21. The van der Waals surface area contributed by atoms with Gasteiger partial charge in [-0.2, -0.15) is 0 Å². The van der Waals surface area contributed by atoms with Gasteiger partial charge in [-0.15, -0.1) is 0 Å². The molecule has 1 aliphatic rings. The summed E-state index contributed by atoms with van der Waals surface area (Å²) in [4.78, 5) is 10.7. The first-order valence-corrected chi connectivity index (χ1v) is 5.80. The Morgan fingerprint density at radius 1 is 1.24 bits per heavy atom. The van der Waals surface area contributed by atoms with Crippen molar-refractivity contribution in [3.63, 3.8) is 0 Å². The molecule has 0 amide bonds. The molecule has 17 heavy (non-hydrogen) atoms. The van der Waals surface area contributed by atoms with Gasteiger partial charge in [-0.1, -0.05) is 41.4 Å². The van der Waals surface area contributed by atoms with E-state index in [4.69, 9.17) is 23.2 Å². The van der Waals surface area contributed by atoms with Gasteiger partial charge in [0.2, 0.25) is 6.04 Å². The molecule has 0 radical (unpaired) electrons. The van der Waals surface area contributed by atoms with Crippen molar-refractivity contribution in [3.05, 3.63) is 62.2 Å². The molecule has 0 aromatic heterocycles. The zero-order valence-corrected chi connectivity index (χ0v) is 10.3. The van der Waals surface area contributed by atoms with Crippen LogP contribution in [-0.4, -0.2) is 11.0 Å². The molecule has 0 fully saturated rings. The Balaban J connectivity index is 2.42. The second-order valence-corrected chi connectivity index (χ2v) is 4.61. The van der Waals surface area contributed by atoms with Crippen molar-refractivity contribution in [1.82, 2.24) is 0 Å². The minimum absolute atomic E-state index is 0.291. The van der Waals surface area contributed by atoms with Crippen LogP contribution < -0.4 is 0 Å². The SMILES string of the molecule is O=[N+]([O-])C1CC=C(Cl)C=C1c1ccc(Cl)cc1. The minimum atomic E-state index is -0.737. The third-order valence-corrected chi connectivity index (χ3v) is 3.14. The van der Waals surface area contributed by atoms with Gasteiger partial charge in [0.05, 0.1) is 0 Å². The van der Waals surface area contributed by atoms with Crippen LogP contribution in [-0.2, 0) is 0 Å². The van der Waals surface area contributed by atoms with Crippen LogP contribution in [0.25, 0.3) is 5.57 Å². The van der Waals surface area contributed by atoms with Crippen LogP contribution in [0.2, 0.25) is 5.02 Å². The lowest BCUT2D eigenvalue weighted by Gasteiger charge is -2.16. The zero-order valence-electron chi connectivity index (χ0n) is 8.77. The molecule has 0 bridgehead atoms.